The minimum Gasteiger partial charge on any atom is -0.381 e. The number of benzene rings is 1. The Morgan fingerprint density at radius 2 is 2.18 bits per heavy atom. The first-order chi connectivity index (χ1) is 7.96. The molecule has 17 heavy (non-hydrogen) atoms. The van der Waals surface area contributed by atoms with E-state index in [1.165, 1.54) is 25.7 Å². The maximum Gasteiger partial charge on any atom is 0.0487 e. The van der Waals surface area contributed by atoms with Gasteiger partial charge in [-0.05, 0) is 58.8 Å². The number of halogens is 2. The summed E-state index contributed by atoms with van der Waals surface area (Å²) in [5.74, 6) is 0. The van der Waals surface area contributed by atoms with Gasteiger partial charge in [0, 0.05) is 21.2 Å². The SMILES string of the molecule is CC1(C)CCCC(Nc2ccc(Cl)cc2Br)C1. The molecule has 0 saturated heterocycles. The molecule has 1 unspecified atom stereocenters. The number of rotatable bonds is 2. The molecule has 2 rings (SSSR count). The highest BCUT2D eigenvalue weighted by atomic mass is 79.9. The molecule has 1 saturated carbocycles. The van der Waals surface area contributed by atoms with Crippen LogP contribution in [0.15, 0.2) is 22.7 Å². The van der Waals surface area contributed by atoms with Crippen molar-refractivity contribution in [1.29, 1.82) is 0 Å². The van der Waals surface area contributed by atoms with E-state index in [9.17, 15) is 0 Å². The van der Waals surface area contributed by atoms with Crippen molar-refractivity contribution in [3.8, 4) is 0 Å². The van der Waals surface area contributed by atoms with Gasteiger partial charge in [-0.3, -0.25) is 0 Å². The number of hydrogen-bond acceptors (Lipinski definition) is 1. The van der Waals surface area contributed by atoms with Crippen LogP contribution in [0, 0.1) is 5.41 Å². The molecule has 0 aromatic heterocycles. The van der Waals surface area contributed by atoms with Crippen LogP contribution >= 0.6 is 27.5 Å². The van der Waals surface area contributed by atoms with Crippen LogP contribution in [0.5, 0.6) is 0 Å². The molecule has 1 atom stereocenters. The standard InChI is InChI=1S/C14H19BrClN/c1-14(2)7-3-4-11(9-14)17-13-6-5-10(16)8-12(13)15/h5-6,8,11,17H,3-4,7,9H2,1-2H3. The van der Waals surface area contributed by atoms with Crippen molar-refractivity contribution < 1.29 is 0 Å². The summed E-state index contributed by atoms with van der Waals surface area (Å²) in [6.07, 6.45) is 5.16. The summed E-state index contributed by atoms with van der Waals surface area (Å²) in [5, 5.41) is 4.40. The molecule has 1 aromatic carbocycles. The predicted octanol–water partition coefficient (Wildman–Crippen LogP) is 5.48. The lowest BCUT2D eigenvalue weighted by atomic mass is 9.75. The third kappa shape index (κ3) is 3.62. The summed E-state index contributed by atoms with van der Waals surface area (Å²) in [5.41, 5.74) is 1.62. The van der Waals surface area contributed by atoms with Gasteiger partial charge in [-0.25, -0.2) is 0 Å². The third-order valence-corrected chi connectivity index (χ3v) is 4.39. The summed E-state index contributed by atoms with van der Waals surface area (Å²) in [6.45, 7) is 4.72. The number of anilines is 1. The van der Waals surface area contributed by atoms with Crippen LogP contribution in [0.3, 0.4) is 0 Å². The molecule has 1 N–H and O–H groups in total. The van der Waals surface area contributed by atoms with Gasteiger partial charge in [0.05, 0.1) is 0 Å². The molecule has 0 aliphatic heterocycles. The smallest absolute Gasteiger partial charge is 0.0487 e. The predicted molar refractivity (Wildman–Crippen MR) is 78.8 cm³/mol. The van der Waals surface area contributed by atoms with Crippen molar-refractivity contribution in [1.82, 2.24) is 0 Å². The summed E-state index contributed by atoms with van der Waals surface area (Å²) in [4.78, 5) is 0. The van der Waals surface area contributed by atoms with E-state index in [-0.39, 0.29) is 0 Å². The Morgan fingerprint density at radius 1 is 1.41 bits per heavy atom. The van der Waals surface area contributed by atoms with E-state index in [4.69, 9.17) is 11.6 Å². The average molecular weight is 317 g/mol. The Labute approximate surface area is 117 Å². The van der Waals surface area contributed by atoms with Crippen molar-refractivity contribution in [3.05, 3.63) is 27.7 Å². The Balaban J connectivity index is 2.05. The quantitative estimate of drug-likeness (QED) is 0.761. The molecule has 0 amide bonds. The molecule has 3 heteroatoms. The first-order valence-electron chi connectivity index (χ1n) is 6.18. The van der Waals surface area contributed by atoms with E-state index in [1.54, 1.807) is 0 Å². The molecule has 0 heterocycles. The molecule has 0 spiro atoms. The second-order valence-electron chi connectivity index (χ2n) is 5.73. The lowest BCUT2D eigenvalue weighted by Crippen LogP contribution is -2.31. The molecule has 94 valence electrons. The van der Waals surface area contributed by atoms with E-state index in [0.29, 0.717) is 11.5 Å². The normalized spacial score (nSPS) is 23.4. The first kappa shape index (κ1) is 13.2. The monoisotopic (exact) mass is 315 g/mol. The zero-order chi connectivity index (χ0) is 12.5. The molecule has 0 bridgehead atoms. The number of hydrogen-bond donors (Lipinski definition) is 1. The van der Waals surface area contributed by atoms with E-state index >= 15 is 0 Å². The summed E-state index contributed by atoms with van der Waals surface area (Å²) >= 11 is 9.50. The Kier molecular flexibility index (Phi) is 4.04. The molecule has 0 radical (unpaired) electrons. The maximum atomic E-state index is 5.95. The molecular weight excluding hydrogens is 298 g/mol. The van der Waals surface area contributed by atoms with Crippen LogP contribution in [0.4, 0.5) is 5.69 Å². The fourth-order valence-electron chi connectivity index (χ4n) is 2.65. The van der Waals surface area contributed by atoms with Gasteiger partial charge >= 0.3 is 0 Å². The van der Waals surface area contributed by atoms with E-state index < -0.39 is 0 Å². The molecule has 1 aromatic rings. The minimum atomic E-state index is 0.467. The summed E-state index contributed by atoms with van der Waals surface area (Å²) in [7, 11) is 0. The van der Waals surface area contributed by atoms with Crippen molar-refractivity contribution in [2.24, 2.45) is 5.41 Å². The largest absolute Gasteiger partial charge is 0.381 e. The first-order valence-corrected chi connectivity index (χ1v) is 7.35. The van der Waals surface area contributed by atoms with Crippen LogP contribution in [-0.4, -0.2) is 6.04 Å². The highest BCUT2D eigenvalue weighted by Gasteiger charge is 2.27. The van der Waals surface area contributed by atoms with E-state index in [2.05, 4.69) is 35.1 Å². The van der Waals surface area contributed by atoms with E-state index in [0.717, 1.165) is 15.2 Å². The fraction of sp³-hybridized carbons (Fsp3) is 0.571. The second-order valence-corrected chi connectivity index (χ2v) is 7.02. The van der Waals surface area contributed by atoms with E-state index in [1.807, 2.05) is 18.2 Å². The van der Waals surface area contributed by atoms with Gasteiger partial charge in [-0.2, -0.15) is 0 Å². The fourth-order valence-corrected chi connectivity index (χ4v) is 3.44. The molecule has 1 fully saturated rings. The summed E-state index contributed by atoms with van der Waals surface area (Å²) < 4.78 is 1.05. The topological polar surface area (TPSA) is 12.0 Å². The molecule has 1 aliphatic rings. The number of nitrogens with one attached hydrogen (secondary N) is 1. The van der Waals surface area contributed by atoms with Crippen molar-refractivity contribution in [3.63, 3.8) is 0 Å². The van der Waals surface area contributed by atoms with Gasteiger partial charge in [-0.15, -0.1) is 0 Å². The Morgan fingerprint density at radius 3 is 2.82 bits per heavy atom. The third-order valence-electron chi connectivity index (χ3n) is 3.50. The van der Waals surface area contributed by atoms with Gasteiger partial charge in [0.2, 0.25) is 0 Å². The molecule has 1 nitrogen and oxygen atoms in total. The Hall–Kier alpha value is -0.210. The van der Waals surface area contributed by atoms with Crippen molar-refractivity contribution >= 4 is 33.2 Å². The lowest BCUT2D eigenvalue weighted by Gasteiger charge is -2.36. The van der Waals surface area contributed by atoms with Gasteiger partial charge in [0.15, 0.2) is 0 Å². The van der Waals surface area contributed by atoms with Crippen molar-refractivity contribution in [2.45, 2.75) is 45.6 Å². The maximum absolute atomic E-state index is 5.95. The van der Waals surface area contributed by atoms with Crippen LogP contribution in [0.1, 0.15) is 39.5 Å². The zero-order valence-corrected chi connectivity index (χ0v) is 12.7. The lowest BCUT2D eigenvalue weighted by molar-refractivity contribution is 0.229. The highest BCUT2D eigenvalue weighted by molar-refractivity contribution is 9.10. The van der Waals surface area contributed by atoms with Crippen LogP contribution < -0.4 is 5.32 Å². The van der Waals surface area contributed by atoms with Gasteiger partial charge < -0.3 is 5.32 Å². The van der Waals surface area contributed by atoms with Gasteiger partial charge in [0.25, 0.3) is 0 Å². The van der Waals surface area contributed by atoms with Crippen molar-refractivity contribution in [2.75, 3.05) is 5.32 Å². The highest BCUT2D eigenvalue weighted by Crippen LogP contribution is 2.37. The van der Waals surface area contributed by atoms with Crippen LogP contribution in [0.2, 0.25) is 5.02 Å². The average Bonchev–Trinajstić information content (AvgIpc) is 2.21. The summed E-state index contributed by atoms with van der Waals surface area (Å²) in [6, 6.07) is 6.50. The van der Waals surface area contributed by atoms with Gasteiger partial charge in [0.1, 0.15) is 0 Å². The van der Waals surface area contributed by atoms with Crippen LogP contribution in [-0.2, 0) is 0 Å². The Bertz CT molecular complexity index is 403. The molecule has 1 aliphatic carbocycles. The van der Waals surface area contributed by atoms with Crippen LogP contribution in [0.25, 0.3) is 0 Å². The zero-order valence-electron chi connectivity index (χ0n) is 10.4. The minimum absolute atomic E-state index is 0.467. The van der Waals surface area contributed by atoms with Gasteiger partial charge in [-0.1, -0.05) is 31.9 Å². The second kappa shape index (κ2) is 5.19. The molecular formula is C14H19BrClN.